The Morgan fingerprint density at radius 2 is 1.71 bits per heavy atom. The molecule has 7 nitrogen and oxygen atoms in total. The summed E-state index contributed by atoms with van der Waals surface area (Å²) in [5.41, 5.74) is 0.910. The minimum atomic E-state index is -2.98. The molecule has 1 aromatic carbocycles. The molecule has 2 aliphatic rings. The van der Waals surface area contributed by atoms with Gasteiger partial charge in [-0.15, -0.1) is 0 Å². The lowest BCUT2D eigenvalue weighted by Gasteiger charge is -2.33. The van der Waals surface area contributed by atoms with Gasteiger partial charge < -0.3 is 10.1 Å². The van der Waals surface area contributed by atoms with Crippen molar-refractivity contribution >= 4 is 15.7 Å². The minimum Gasteiger partial charge on any atom is -0.379 e. The summed E-state index contributed by atoms with van der Waals surface area (Å²) in [5, 5.41) is 3.06. The van der Waals surface area contributed by atoms with Gasteiger partial charge >= 0.3 is 0 Å². The van der Waals surface area contributed by atoms with Gasteiger partial charge in [-0.1, -0.05) is 30.3 Å². The predicted octanol–water partition coefficient (Wildman–Crippen LogP) is 0.687. The molecule has 1 amide bonds. The van der Waals surface area contributed by atoms with Gasteiger partial charge in [0, 0.05) is 32.7 Å². The third-order valence-electron chi connectivity index (χ3n) is 5.41. The van der Waals surface area contributed by atoms with Crippen molar-refractivity contribution in [3.05, 3.63) is 35.9 Å². The van der Waals surface area contributed by atoms with Gasteiger partial charge in [-0.05, 0) is 24.9 Å². The van der Waals surface area contributed by atoms with Gasteiger partial charge in [0.25, 0.3) is 0 Å². The Bertz CT molecular complexity index is 706. The number of morpholine rings is 1. The molecule has 8 heteroatoms. The SMILES string of the molecule is O=C(NCCCCN1CCOCC1)C(c1ccccc1)N1CCS(=O)(=O)CC1. The number of hydrogen-bond donors (Lipinski definition) is 1. The van der Waals surface area contributed by atoms with E-state index in [1.54, 1.807) is 0 Å². The first kappa shape index (κ1) is 21.2. The highest BCUT2D eigenvalue weighted by molar-refractivity contribution is 7.91. The van der Waals surface area contributed by atoms with E-state index in [-0.39, 0.29) is 17.4 Å². The lowest BCUT2D eigenvalue weighted by Crippen LogP contribution is -2.47. The highest BCUT2D eigenvalue weighted by Crippen LogP contribution is 2.23. The van der Waals surface area contributed by atoms with E-state index in [4.69, 9.17) is 4.74 Å². The van der Waals surface area contributed by atoms with Gasteiger partial charge in [-0.25, -0.2) is 8.42 Å². The number of nitrogens with one attached hydrogen (secondary N) is 1. The molecule has 2 heterocycles. The maximum Gasteiger partial charge on any atom is 0.241 e. The average molecular weight is 410 g/mol. The van der Waals surface area contributed by atoms with Crippen LogP contribution in [-0.2, 0) is 19.4 Å². The zero-order valence-corrected chi connectivity index (χ0v) is 17.2. The van der Waals surface area contributed by atoms with Crippen molar-refractivity contribution in [3.8, 4) is 0 Å². The van der Waals surface area contributed by atoms with Crippen LogP contribution in [0.5, 0.6) is 0 Å². The fourth-order valence-corrected chi connectivity index (χ4v) is 4.97. The Labute approximate surface area is 167 Å². The first-order valence-electron chi connectivity index (χ1n) is 10.1. The second-order valence-electron chi connectivity index (χ2n) is 7.45. The molecule has 0 aromatic heterocycles. The maximum atomic E-state index is 12.9. The lowest BCUT2D eigenvalue weighted by atomic mass is 10.0. The molecular weight excluding hydrogens is 378 g/mol. The number of amides is 1. The number of sulfone groups is 1. The van der Waals surface area contributed by atoms with E-state index >= 15 is 0 Å². The quantitative estimate of drug-likeness (QED) is 0.637. The molecule has 2 saturated heterocycles. The van der Waals surface area contributed by atoms with E-state index in [0.29, 0.717) is 19.6 Å². The lowest BCUT2D eigenvalue weighted by molar-refractivity contribution is -0.126. The summed E-state index contributed by atoms with van der Waals surface area (Å²) in [6.45, 7) is 6.05. The van der Waals surface area contributed by atoms with Crippen molar-refractivity contribution in [2.45, 2.75) is 18.9 Å². The fraction of sp³-hybridized carbons (Fsp3) is 0.650. The molecule has 1 aromatic rings. The van der Waals surface area contributed by atoms with E-state index in [0.717, 1.165) is 51.3 Å². The second-order valence-corrected chi connectivity index (χ2v) is 9.76. The number of rotatable bonds is 8. The molecule has 1 atom stereocenters. The topological polar surface area (TPSA) is 79.0 Å². The molecule has 0 radical (unpaired) electrons. The van der Waals surface area contributed by atoms with Gasteiger partial charge in [-0.2, -0.15) is 0 Å². The largest absolute Gasteiger partial charge is 0.379 e. The van der Waals surface area contributed by atoms with Crippen molar-refractivity contribution in [2.24, 2.45) is 0 Å². The third kappa shape index (κ3) is 6.27. The third-order valence-corrected chi connectivity index (χ3v) is 7.02. The molecule has 28 heavy (non-hydrogen) atoms. The first-order chi connectivity index (χ1) is 13.6. The summed E-state index contributed by atoms with van der Waals surface area (Å²) in [6.07, 6.45) is 1.97. The van der Waals surface area contributed by atoms with Crippen LogP contribution < -0.4 is 5.32 Å². The van der Waals surface area contributed by atoms with Crippen molar-refractivity contribution in [2.75, 3.05) is 64.0 Å². The highest BCUT2D eigenvalue weighted by atomic mass is 32.2. The summed E-state index contributed by atoms with van der Waals surface area (Å²) in [6, 6.07) is 9.19. The summed E-state index contributed by atoms with van der Waals surface area (Å²) in [7, 11) is -2.98. The number of hydrogen-bond acceptors (Lipinski definition) is 6. The maximum absolute atomic E-state index is 12.9. The molecule has 0 spiro atoms. The second kappa shape index (κ2) is 10.3. The van der Waals surface area contributed by atoms with Crippen LogP contribution in [0, 0.1) is 0 Å². The molecular formula is C20H31N3O4S. The van der Waals surface area contributed by atoms with Crippen LogP contribution in [0.3, 0.4) is 0 Å². The number of benzene rings is 1. The molecule has 1 unspecified atom stereocenters. The summed E-state index contributed by atoms with van der Waals surface area (Å²) < 4.78 is 28.9. The van der Waals surface area contributed by atoms with Crippen LogP contribution >= 0.6 is 0 Å². The predicted molar refractivity (Wildman–Crippen MR) is 109 cm³/mol. The zero-order valence-electron chi connectivity index (χ0n) is 16.4. The molecule has 156 valence electrons. The molecule has 2 fully saturated rings. The Morgan fingerprint density at radius 3 is 2.39 bits per heavy atom. The van der Waals surface area contributed by atoms with Crippen molar-refractivity contribution < 1.29 is 17.9 Å². The number of nitrogens with zero attached hydrogens (tertiary/aromatic N) is 2. The average Bonchev–Trinajstić information content (AvgIpc) is 2.71. The normalized spacial score (nSPS) is 21.9. The summed E-state index contributed by atoms with van der Waals surface area (Å²) in [4.78, 5) is 17.3. The van der Waals surface area contributed by atoms with Crippen LogP contribution in [0.4, 0.5) is 0 Å². The van der Waals surface area contributed by atoms with E-state index < -0.39 is 15.9 Å². The first-order valence-corrected chi connectivity index (χ1v) is 11.9. The van der Waals surface area contributed by atoms with Gasteiger partial charge in [0.15, 0.2) is 9.84 Å². The molecule has 0 aliphatic carbocycles. The highest BCUT2D eigenvalue weighted by Gasteiger charge is 2.32. The van der Waals surface area contributed by atoms with E-state index in [9.17, 15) is 13.2 Å². The zero-order chi connectivity index (χ0) is 19.8. The van der Waals surface area contributed by atoms with Crippen LogP contribution in [0.1, 0.15) is 24.4 Å². The smallest absolute Gasteiger partial charge is 0.241 e. The molecule has 3 rings (SSSR count). The Kier molecular flexibility index (Phi) is 7.84. The van der Waals surface area contributed by atoms with Crippen molar-refractivity contribution in [1.82, 2.24) is 15.1 Å². The number of unbranched alkanes of at least 4 members (excludes halogenated alkanes) is 1. The Hall–Kier alpha value is -1.48. The van der Waals surface area contributed by atoms with Crippen molar-refractivity contribution in [1.29, 1.82) is 0 Å². The van der Waals surface area contributed by atoms with Crippen LogP contribution in [0.15, 0.2) is 30.3 Å². The van der Waals surface area contributed by atoms with Gasteiger partial charge in [-0.3, -0.25) is 14.6 Å². The molecule has 0 saturated carbocycles. The van der Waals surface area contributed by atoms with Gasteiger partial charge in [0.2, 0.25) is 5.91 Å². The number of ether oxygens (including phenoxy) is 1. The Morgan fingerprint density at radius 1 is 1.04 bits per heavy atom. The summed E-state index contributed by atoms with van der Waals surface area (Å²) >= 11 is 0. The van der Waals surface area contributed by atoms with Crippen LogP contribution in [0.2, 0.25) is 0 Å². The molecule has 0 bridgehead atoms. The van der Waals surface area contributed by atoms with E-state index in [2.05, 4.69) is 10.2 Å². The Balaban J connectivity index is 1.50. The number of carbonyl (C=O) groups is 1. The van der Waals surface area contributed by atoms with Gasteiger partial charge in [0.05, 0.1) is 24.7 Å². The van der Waals surface area contributed by atoms with Gasteiger partial charge in [0.1, 0.15) is 6.04 Å². The molecule has 2 aliphatic heterocycles. The monoisotopic (exact) mass is 409 g/mol. The minimum absolute atomic E-state index is 0.0446. The molecule has 1 N–H and O–H groups in total. The van der Waals surface area contributed by atoms with Crippen LogP contribution in [-0.4, -0.2) is 88.1 Å². The fourth-order valence-electron chi connectivity index (χ4n) is 3.74. The summed E-state index contributed by atoms with van der Waals surface area (Å²) in [5.74, 6) is 0.184. The standard InChI is InChI=1S/C20H31N3O4S/c24-20(21-8-4-5-9-22-10-14-27-15-11-22)19(18-6-2-1-3-7-18)23-12-16-28(25,26)17-13-23/h1-3,6-7,19H,4-5,8-17H2,(H,21,24). The number of carbonyl (C=O) groups excluding carboxylic acids is 1. The van der Waals surface area contributed by atoms with Crippen LogP contribution in [0.25, 0.3) is 0 Å². The van der Waals surface area contributed by atoms with E-state index in [1.807, 2.05) is 35.2 Å². The van der Waals surface area contributed by atoms with Crippen molar-refractivity contribution in [3.63, 3.8) is 0 Å². The van der Waals surface area contributed by atoms with E-state index in [1.165, 1.54) is 0 Å².